The summed E-state index contributed by atoms with van der Waals surface area (Å²) in [6.45, 7) is 11.5. The van der Waals surface area contributed by atoms with Crippen molar-refractivity contribution < 1.29 is 9.90 Å². The highest BCUT2D eigenvalue weighted by molar-refractivity contribution is 7.57. The number of carboxylic acid groups (broad SMARTS) is 1. The van der Waals surface area contributed by atoms with Crippen LogP contribution in [-0.2, 0) is 4.79 Å². The summed E-state index contributed by atoms with van der Waals surface area (Å²) in [5, 5.41) is 7.89. The smallest absolute Gasteiger partial charge is 0.330 e. The Labute approximate surface area is 82.8 Å². The monoisotopic (exact) mass is 204 g/mol. The fourth-order valence-corrected chi connectivity index (χ4v) is 2.01. The van der Waals surface area contributed by atoms with Crippen molar-refractivity contribution in [1.29, 1.82) is 0 Å². The molecular weight excluding hydrogens is 183 g/mol. The molecule has 0 fully saturated rings. The van der Waals surface area contributed by atoms with Crippen LogP contribution in [0.15, 0.2) is 12.2 Å². The fourth-order valence-electron chi connectivity index (χ4n) is 0.671. The number of hydrogen-bond donors (Lipinski definition) is 1. The van der Waals surface area contributed by atoms with E-state index in [4.69, 9.17) is 5.11 Å². The van der Waals surface area contributed by atoms with E-state index in [1.165, 1.54) is 25.4 Å². The molecule has 0 aliphatic heterocycles. The summed E-state index contributed by atoms with van der Waals surface area (Å²) in [6, 6.07) is 0. The lowest BCUT2D eigenvalue weighted by Gasteiger charge is -2.07. The summed E-state index contributed by atoms with van der Waals surface area (Å²) in [7, 11) is 0.446. The first-order valence-electron chi connectivity index (χ1n) is 4.60. The predicted molar refractivity (Wildman–Crippen MR) is 61.0 cm³/mol. The van der Waals surface area contributed by atoms with E-state index < -0.39 is 5.97 Å². The van der Waals surface area contributed by atoms with Crippen LogP contribution in [0.2, 0.25) is 0 Å². The molecule has 0 spiro atoms. The third-order valence-electron chi connectivity index (χ3n) is 1.71. The molecule has 78 valence electrons. The minimum absolute atomic E-state index is 0.176. The van der Waals surface area contributed by atoms with Gasteiger partial charge in [0.1, 0.15) is 0 Å². The Balaban J connectivity index is 0. The van der Waals surface area contributed by atoms with Gasteiger partial charge in [-0.05, 0) is 25.4 Å². The lowest BCUT2D eigenvalue weighted by molar-refractivity contribution is -0.132. The van der Waals surface area contributed by atoms with Gasteiger partial charge >= 0.3 is 5.97 Å². The van der Waals surface area contributed by atoms with Crippen molar-refractivity contribution in [3.8, 4) is 0 Å². The highest BCUT2D eigenvalue weighted by Crippen LogP contribution is 2.32. The molecule has 13 heavy (non-hydrogen) atoms. The molecule has 0 heterocycles. The summed E-state index contributed by atoms with van der Waals surface area (Å²) < 4.78 is 0. The molecule has 0 aliphatic carbocycles. The van der Waals surface area contributed by atoms with E-state index in [1.54, 1.807) is 0 Å². The average Bonchev–Trinajstić information content (AvgIpc) is 2.08. The molecule has 0 unspecified atom stereocenters. The molecule has 0 aromatic rings. The van der Waals surface area contributed by atoms with Crippen LogP contribution in [0.1, 0.15) is 27.7 Å². The van der Waals surface area contributed by atoms with Gasteiger partial charge in [-0.25, -0.2) is 4.79 Å². The van der Waals surface area contributed by atoms with Crippen LogP contribution in [0.5, 0.6) is 0 Å². The molecule has 0 atom stereocenters. The Morgan fingerprint density at radius 2 is 1.46 bits per heavy atom. The zero-order valence-electron chi connectivity index (χ0n) is 9.13. The zero-order chi connectivity index (χ0) is 10.9. The van der Waals surface area contributed by atoms with Gasteiger partial charge in [0, 0.05) is 5.57 Å². The van der Waals surface area contributed by atoms with Gasteiger partial charge < -0.3 is 5.11 Å². The van der Waals surface area contributed by atoms with E-state index >= 15 is 0 Å². The maximum atomic E-state index is 9.60. The highest BCUT2D eigenvalue weighted by Gasteiger charge is 1.94. The summed E-state index contributed by atoms with van der Waals surface area (Å²) in [4.78, 5) is 9.60. The molecule has 0 aromatic heterocycles. The molecule has 0 aliphatic rings. The first-order valence-corrected chi connectivity index (χ1v) is 6.50. The summed E-state index contributed by atoms with van der Waals surface area (Å²) in [6.07, 6.45) is 4.26. The van der Waals surface area contributed by atoms with Crippen molar-refractivity contribution in [3.05, 3.63) is 12.2 Å². The summed E-state index contributed by atoms with van der Waals surface area (Å²) >= 11 is 0. The predicted octanol–water partition coefficient (Wildman–Crippen LogP) is 3.18. The highest BCUT2D eigenvalue weighted by atomic mass is 31.1. The van der Waals surface area contributed by atoms with Gasteiger partial charge in [0.25, 0.3) is 0 Å². The van der Waals surface area contributed by atoms with Gasteiger partial charge in [0.2, 0.25) is 0 Å². The Hall–Kier alpha value is -0.360. The van der Waals surface area contributed by atoms with Crippen molar-refractivity contribution >= 4 is 13.9 Å². The quantitative estimate of drug-likeness (QED) is 0.564. The number of hydrogen-bond acceptors (Lipinski definition) is 1. The Bertz CT molecular complexity index is 133. The van der Waals surface area contributed by atoms with Crippen LogP contribution in [0.25, 0.3) is 0 Å². The topological polar surface area (TPSA) is 37.3 Å². The number of rotatable bonds is 4. The largest absolute Gasteiger partial charge is 0.478 e. The van der Waals surface area contributed by atoms with Crippen LogP contribution < -0.4 is 0 Å². The maximum absolute atomic E-state index is 9.60. The first-order chi connectivity index (χ1) is 5.99. The molecular formula is C10H21O2P. The maximum Gasteiger partial charge on any atom is 0.330 e. The van der Waals surface area contributed by atoms with E-state index in [0.29, 0.717) is 7.92 Å². The van der Waals surface area contributed by atoms with E-state index in [-0.39, 0.29) is 5.57 Å². The number of carbonyl (C=O) groups is 1. The van der Waals surface area contributed by atoms with E-state index in [9.17, 15) is 4.79 Å². The second-order valence-electron chi connectivity index (χ2n) is 2.70. The number of carboxylic acids is 1. The van der Waals surface area contributed by atoms with Gasteiger partial charge in [0.05, 0.1) is 0 Å². The van der Waals surface area contributed by atoms with Crippen molar-refractivity contribution in [2.75, 3.05) is 18.5 Å². The Morgan fingerprint density at radius 1 is 1.23 bits per heavy atom. The first kappa shape index (κ1) is 15.1. The van der Waals surface area contributed by atoms with Gasteiger partial charge in [-0.1, -0.05) is 27.4 Å². The normalized spacial score (nSPS) is 9.00. The van der Waals surface area contributed by atoms with Crippen molar-refractivity contribution in [3.63, 3.8) is 0 Å². The zero-order valence-corrected chi connectivity index (χ0v) is 10.0. The van der Waals surface area contributed by atoms with Gasteiger partial charge in [-0.15, -0.1) is 7.92 Å². The van der Waals surface area contributed by atoms with Crippen LogP contribution >= 0.6 is 7.92 Å². The lowest BCUT2D eigenvalue weighted by atomic mass is 10.4. The van der Waals surface area contributed by atoms with E-state index in [0.717, 1.165) is 0 Å². The van der Waals surface area contributed by atoms with Crippen LogP contribution in [0, 0.1) is 0 Å². The molecule has 1 N–H and O–H groups in total. The van der Waals surface area contributed by atoms with Gasteiger partial charge in [-0.2, -0.15) is 0 Å². The molecule has 0 radical (unpaired) electrons. The number of aliphatic carboxylic acids is 1. The molecule has 3 heteroatoms. The average molecular weight is 204 g/mol. The SMILES string of the molecule is C=C(C)C(=O)O.CCP(CC)CC. The van der Waals surface area contributed by atoms with Gasteiger partial charge in [-0.3, -0.25) is 0 Å². The minimum atomic E-state index is -0.935. The molecule has 2 nitrogen and oxygen atoms in total. The van der Waals surface area contributed by atoms with Crippen molar-refractivity contribution in [1.82, 2.24) is 0 Å². The Kier molecular flexibility index (Phi) is 11.3. The van der Waals surface area contributed by atoms with Crippen LogP contribution in [0.3, 0.4) is 0 Å². The molecule has 0 rings (SSSR count). The summed E-state index contributed by atoms with van der Waals surface area (Å²) in [5.74, 6) is -0.935. The molecule has 0 bridgehead atoms. The molecule has 0 aromatic carbocycles. The van der Waals surface area contributed by atoms with Gasteiger partial charge in [0.15, 0.2) is 0 Å². The van der Waals surface area contributed by atoms with E-state index in [2.05, 4.69) is 27.4 Å². The fraction of sp³-hybridized carbons (Fsp3) is 0.700. The van der Waals surface area contributed by atoms with Crippen molar-refractivity contribution in [2.24, 2.45) is 0 Å². The second-order valence-corrected chi connectivity index (χ2v) is 5.94. The molecule has 0 saturated carbocycles. The van der Waals surface area contributed by atoms with Crippen LogP contribution in [0.4, 0.5) is 0 Å². The minimum Gasteiger partial charge on any atom is -0.478 e. The second kappa shape index (κ2) is 9.73. The summed E-state index contributed by atoms with van der Waals surface area (Å²) in [5.41, 5.74) is 0.176. The van der Waals surface area contributed by atoms with E-state index in [1.807, 2.05) is 0 Å². The lowest BCUT2D eigenvalue weighted by Crippen LogP contribution is -1.92. The Morgan fingerprint density at radius 3 is 1.46 bits per heavy atom. The van der Waals surface area contributed by atoms with Crippen molar-refractivity contribution in [2.45, 2.75) is 27.7 Å². The third-order valence-corrected chi connectivity index (χ3v) is 4.39. The standard InChI is InChI=1S/C6H15P.C4H6O2/c1-4-7(5-2)6-3;1-3(2)4(5)6/h4-6H2,1-3H3;1H2,2H3,(H,5,6). The molecule has 0 saturated heterocycles. The van der Waals surface area contributed by atoms with Crippen LogP contribution in [-0.4, -0.2) is 29.6 Å². The molecule has 0 amide bonds. The third kappa shape index (κ3) is 11.6.